The smallest absolute Gasteiger partial charge is 0.0311 e. The van der Waals surface area contributed by atoms with Gasteiger partial charge in [0, 0.05) is 18.1 Å². The summed E-state index contributed by atoms with van der Waals surface area (Å²) in [6, 6.07) is 0.640. The average Bonchev–Trinajstić information content (AvgIpc) is 2.68. The van der Waals surface area contributed by atoms with Crippen molar-refractivity contribution >= 4 is 0 Å². The predicted octanol–water partition coefficient (Wildman–Crippen LogP) is 2.45. The van der Waals surface area contributed by atoms with Gasteiger partial charge in [-0.3, -0.25) is 0 Å². The molecule has 1 fully saturated rings. The quantitative estimate of drug-likeness (QED) is 0.720. The lowest BCUT2D eigenvalue weighted by Gasteiger charge is -2.44. The van der Waals surface area contributed by atoms with Crippen molar-refractivity contribution in [3.63, 3.8) is 0 Å². The SMILES string of the molecule is CC1CC(C)CC(CN)(NC2CC=CC2)C1. The molecule has 0 aromatic carbocycles. The van der Waals surface area contributed by atoms with Gasteiger partial charge in [-0.15, -0.1) is 0 Å². The highest BCUT2D eigenvalue weighted by Crippen LogP contribution is 2.36. The van der Waals surface area contributed by atoms with Gasteiger partial charge in [-0.2, -0.15) is 0 Å². The fourth-order valence-corrected chi connectivity index (χ4v) is 3.78. The summed E-state index contributed by atoms with van der Waals surface area (Å²) in [6.07, 6.45) is 10.8. The zero-order chi connectivity index (χ0) is 11.6. The summed E-state index contributed by atoms with van der Waals surface area (Å²) in [5, 5.41) is 3.85. The minimum absolute atomic E-state index is 0.216. The van der Waals surface area contributed by atoms with Crippen LogP contribution >= 0.6 is 0 Å². The van der Waals surface area contributed by atoms with Gasteiger partial charge in [0.25, 0.3) is 0 Å². The van der Waals surface area contributed by atoms with E-state index in [1.807, 2.05) is 0 Å². The molecule has 2 rings (SSSR count). The fraction of sp³-hybridized carbons (Fsp3) is 0.857. The number of rotatable bonds is 3. The van der Waals surface area contributed by atoms with E-state index in [2.05, 4.69) is 31.3 Å². The first-order valence-corrected chi connectivity index (χ1v) is 6.76. The summed E-state index contributed by atoms with van der Waals surface area (Å²) in [7, 11) is 0. The van der Waals surface area contributed by atoms with E-state index in [1.165, 1.54) is 32.1 Å². The molecule has 2 aliphatic carbocycles. The molecule has 0 aliphatic heterocycles. The molecular formula is C14H26N2. The maximum Gasteiger partial charge on any atom is 0.0311 e. The molecule has 2 heteroatoms. The highest BCUT2D eigenvalue weighted by molar-refractivity contribution is 5.04. The maximum atomic E-state index is 6.06. The zero-order valence-electron chi connectivity index (χ0n) is 10.7. The Hall–Kier alpha value is -0.340. The summed E-state index contributed by atoms with van der Waals surface area (Å²) in [4.78, 5) is 0. The number of hydrogen-bond acceptors (Lipinski definition) is 2. The van der Waals surface area contributed by atoms with Gasteiger partial charge < -0.3 is 11.1 Å². The third-order valence-electron chi connectivity index (χ3n) is 4.19. The van der Waals surface area contributed by atoms with Gasteiger partial charge >= 0.3 is 0 Å². The molecular weight excluding hydrogens is 196 g/mol. The zero-order valence-corrected chi connectivity index (χ0v) is 10.7. The molecule has 0 aromatic rings. The van der Waals surface area contributed by atoms with Crippen LogP contribution in [0.2, 0.25) is 0 Å². The molecule has 0 radical (unpaired) electrons. The number of nitrogens with two attached hydrogens (primary N) is 1. The van der Waals surface area contributed by atoms with Gasteiger partial charge in [-0.1, -0.05) is 26.0 Å². The van der Waals surface area contributed by atoms with Crippen LogP contribution in [0.4, 0.5) is 0 Å². The van der Waals surface area contributed by atoms with Crippen LogP contribution in [0.15, 0.2) is 12.2 Å². The van der Waals surface area contributed by atoms with Crippen molar-refractivity contribution in [1.29, 1.82) is 0 Å². The van der Waals surface area contributed by atoms with Crippen LogP contribution in [0.25, 0.3) is 0 Å². The molecule has 0 heterocycles. The van der Waals surface area contributed by atoms with E-state index < -0.39 is 0 Å². The van der Waals surface area contributed by atoms with Crippen LogP contribution in [-0.2, 0) is 0 Å². The Morgan fingerprint density at radius 1 is 1.19 bits per heavy atom. The first kappa shape index (κ1) is 12.1. The molecule has 0 saturated heterocycles. The summed E-state index contributed by atoms with van der Waals surface area (Å²) in [5.41, 5.74) is 6.27. The molecule has 2 nitrogen and oxygen atoms in total. The van der Waals surface area contributed by atoms with E-state index in [4.69, 9.17) is 5.73 Å². The first-order valence-electron chi connectivity index (χ1n) is 6.76. The molecule has 0 bridgehead atoms. The molecule has 1 saturated carbocycles. The second kappa shape index (κ2) is 4.89. The summed E-state index contributed by atoms with van der Waals surface area (Å²) in [6.45, 7) is 5.53. The minimum atomic E-state index is 0.216. The molecule has 2 unspecified atom stereocenters. The third-order valence-corrected chi connectivity index (χ3v) is 4.19. The van der Waals surface area contributed by atoms with Crippen molar-refractivity contribution in [2.24, 2.45) is 17.6 Å². The van der Waals surface area contributed by atoms with E-state index in [0.717, 1.165) is 18.4 Å². The van der Waals surface area contributed by atoms with Crippen LogP contribution in [0.1, 0.15) is 46.0 Å². The van der Waals surface area contributed by atoms with Crippen molar-refractivity contribution in [1.82, 2.24) is 5.32 Å². The Labute approximate surface area is 99.7 Å². The molecule has 92 valence electrons. The van der Waals surface area contributed by atoms with Gasteiger partial charge in [0.05, 0.1) is 0 Å². The summed E-state index contributed by atoms with van der Waals surface area (Å²) >= 11 is 0. The minimum Gasteiger partial charge on any atom is -0.329 e. The standard InChI is InChI=1S/C14H26N2/c1-11-7-12(2)9-14(8-11,10-15)16-13-5-3-4-6-13/h3-4,11-13,16H,5-10,15H2,1-2H3. The largest absolute Gasteiger partial charge is 0.329 e. The molecule has 0 amide bonds. The average molecular weight is 222 g/mol. The lowest BCUT2D eigenvalue weighted by Crippen LogP contribution is -2.58. The van der Waals surface area contributed by atoms with Crippen LogP contribution in [0.3, 0.4) is 0 Å². The first-order chi connectivity index (χ1) is 7.63. The van der Waals surface area contributed by atoms with Crippen molar-refractivity contribution in [3.05, 3.63) is 12.2 Å². The van der Waals surface area contributed by atoms with Crippen LogP contribution in [0, 0.1) is 11.8 Å². The van der Waals surface area contributed by atoms with E-state index in [1.54, 1.807) is 0 Å². The number of nitrogens with one attached hydrogen (secondary N) is 1. The molecule has 16 heavy (non-hydrogen) atoms. The molecule has 0 aromatic heterocycles. The van der Waals surface area contributed by atoms with Gasteiger partial charge in [-0.25, -0.2) is 0 Å². The number of hydrogen-bond donors (Lipinski definition) is 2. The fourth-order valence-electron chi connectivity index (χ4n) is 3.78. The highest BCUT2D eigenvalue weighted by atomic mass is 15.0. The van der Waals surface area contributed by atoms with Crippen molar-refractivity contribution in [3.8, 4) is 0 Å². The van der Waals surface area contributed by atoms with Crippen LogP contribution in [-0.4, -0.2) is 18.1 Å². The molecule has 2 aliphatic rings. The van der Waals surface area contributed by atoms with Crippen molar-refractivity contribution in [2.75, 3.05) is 6.54 Å². The van der Waals surface area contributed by atoms with Gasteiger partial charge in [-0.05, 0) is 43.9 Å². The third kappa shape index (κ3) is 2.67. The molecule has 0 spiro atoms. The molecule has 2 atom stereocenters. The normalized spacial score (nSPS) is 40.4. The second-order valence-electron chi connectivity index (χ2n) is 6.12. The Balaban J connectivity index is 1.99. The van der Waals surface area contributed by atoms with Crippen LogP contribution in [0.5, 0.6) is 0 Å². The van der Waals surface area contributed by atoms with Gasteiger partial charge in [0.1, 0.15) is 0 Å². The predicted molar refractivity (Wildman–Crippen MR) is 69.3 cm³/mol. The second-order valence-corrected chi connectivity index (χ2v) is 6.12. The maximum absolute atomic E-state index is 6.06. The Morgan fingerprint density at radius 3 is 2.25 bits per heavy atom. The Kier molecular flexibility index (Phi) is 3.70. The monoisotopic (exact) mass is 222 g/mol. The van der Waals surface area contributed by atoms with Gasteiger partial charge in [0.15, 0.2) is 0 Å². The summed E-state index contributed by atoms with van der Waals surface area (Å²) in [5.74, 6) is 1.63. The topological polar surface area (TPSA) is 38.0 Å². The van der Waals surface area contributed by atoms with Crippen molar-refractivity contribution < 1.29 is 0 Å². The van der Waals surface area contributed by atoms with E-state index in [-0.39, 0.29) is 5.54 Å². The Bertz CT molecular complexity index is 241. The van der Waals surface area contributed by atoms with E-state index >= 15 is 0 Å². The van der Waals surface area contributed by atoms with Crippen molar-refractivity contribution in [2.45, 2.75) is 57.5 Å². The van der Waals surface area contributed by atoms with Crippen LogP contribution < -0.4 is 11.1 Å². The van der Waals surface area contributed by atoms with E-state index in [0.29, 0.717) is 6.04 Å². The lowest BCUT2D eigenvalue weighted by atomic mass is 9.71. The molecule has 3 N–H and O–H groups in total. The van der Waals surface area contributed by atoms with Gasteiger partial charge in [0.2, 0.25) is 0 Å². The lowest BCUT2D eigenvalue weighted by molar-refractivity contribution is 0.137. The van der Waals surface area contributed by atoms with E-state index in [9.17, 15) is 0 Å². The highest BCUT2D eigenvalue weighted by Gasteiger charge is 2.38. The summed E-state index contributed by atoms with van der Waals surface area (Å²) < 4.78 is 0. The Morgan fingerprint density at radius 2 is 1.75 bits per heavy atom.